The van der Waals surface area contributed by atoms with Gasteiger partial charge in [-0.3, -0.25) is 9.59 Å². The first kappa shape index (κ1) is 18.3. The predicted molar refractivity (Wildman–Crippen MR) is 95.4 cm³/mol. The summed E-state index contributed by atoms with van der Waals surface area (Å²) in [7, 11) is 2.95. The third-order valence-corrected chi connectivity index (χ3v) is 3.48. The molecule has 0 heterocycles. The van der Waals surface area contributed by atoms with Gasteiger partial charge < -0.3 is 14.8 Å². The summed E-state index contributed by atoms with van der Waals surface area (Å²) in [6.07, 6.45) is 1.35. The number of carbonyl (C=O) groups excluding carboxylic acids is 2. The van der Waals surface area contributed by atoms with E-state index in [4.69, 9.17) is 21.1 Å². The molecule has 7 nitrogen and oxygen atoms in total. The van der Waals surface area contributed by atoms with Gasteiger partial charge in [-0.2, -0.15) is 5.10 Å². The van der Waals surface area contributed by atoms with Gasteiger partial charge in [0.2, 0.25) is 0 Å². The number of amides is 2. The molecule has 0 atom stereocenters. The van der Waals surface area contributed by atoms with Crippen LogP contribution < -0.4 is 20.2 Å². The Balaban J connectivity index is 1.99. The fourth-order valence-electron chi connectivity index (χ4n) is 1.87. The molecular formula is C17H16ClN3O4. The van der Waals surface area contributed by atoms with E-state index in [1.54, 1.807) is 42.5 Å². The zero-order valence-electron chi connectivity index (χ0n) is 13.6. The van der Waals surface area contributed by atoms with Gasteiger partial charge in [-0.1, -0.05) is 29.8 Å². The van der Waals surface area contributed by atoms with E-state index in [0.717, 1.165) is 0 Å². The molecule has 8 heteroatoms. The minimum Gasteiger partial charge on any atom is -0.497 e. The molecule has 2 aromatic carbocycles. The summed E-state index contributed by atoms with van der Waals surface area (Å²) in [5.41, 5.74) is 3.08. The molecule has 0 aliphatic rings. The first-order valence-corrected chi connectivity index (χ1v) is 7.54. The van der Waals surface area contributed by atoms with Crippen LogP contribution in [0, 0.1) is 0 Å². The number of nitrogens with zero attached hydrogens (tertiary/aromatic N) is 1. The quantitative estimate of drug-likeness (QED) is 0.486. The van der Waals surface area contributed by atoms with Crippen molar-refractivity contribution in [3.05, 3.63) is 53.1 Å². The van der Waals surface area contributed by atoms with E-state index >= 15 is 0 Å². The Kier molecular flexibility index (Phi) is 6.36. The second-order valence-electron chi connectivity index (χ2n) is 4.74. The molecule has 0 saturated heterocycles. The minimum absolute atomic E-state index is 0.332. The van der Waals surface area contributed by atoms with Crippen molar-refractivity contribution in [3.8, 4) is 11.5 Å². The lowest BCUT2D eigenvalue weighted by Gasteiger charge is -2.10. The molecule has 0 aliphatic heterocycles. The average molecular weight is 362 g/mol. The van der Waals surface area contributed by atoms with Crippen LogP contribution >= 0.6 is 11.6 Å². The Bertz CT molecular complexity index is 808. The van der Waals surface area contributed by atoms with E-state index in [-0.39, 0.29) is 0 Å². The van der Waals surface area contributed by atoms with Gasteiger partial charge in [-0.15, -0.1) is 0 Å². The Hall–Kier alpha value is -3.06. The van der Waals surface area contributed by atoms with Crippen LogP contribution in [0.4, 0.5) is 5.69 Å². The fraction of sp³-hybridized carbons (Fsp3) is 0.118. The van der Waals surface area contributed by atoms with Crippen LogP contribution in [-0.2, 0) is 9.59 Å². The summed E-state index contributed by atoms with van der Waals surface area (Å²) < 4.78 is 10.2. The van der Waals surface area contributed by atoms with E-state index < -0.39 is 11.8 Å². The lowest BCUT2D eigenvalue weighted by atomic mass is 10.2. The maximum absolute atomic E-state index is 11.9. The molecule has 0 fully saturated rings. The van der Waals surface area contributed by atoms with Crippen LogP contribution in [0.15, 0.2) is 47.6 Å². The molecule has 2 rings (SSSR count). The normalized spacial score (nSPS) is 10.4. The monoisotopic (exact) mass is 361 g/mol. The van der Waals surface area contributed by atoms with E-state index in [1.165, 1.54) is 20.4 Å². The second-order valence-corrected chi connectivity index (χ2v) is 5.15. The molecule has 0 radical (unpaired) electrons. The van der Waals surface area contributed by atoms with E-state index in [2.05, 4.69) is 15.8 Å². The Morgan fingerprint density at radius 3 is 2.52 bits per heavy atom. The minimum atomic E-state index is -0.929. The molecule has 0 saturated carbocycles. The van der Waals surface area contributed by atoms with Gasteiger partial charge in [0.25, 0.3) is 0 Å². The van der Waals surface area contributed by atoms with Gasteiger partial charge in [0, 0.05) is 16.7 Å². The molecule has 130 valence electrons. The largest absolute Gasteiger partial charge is 0.497 e. The Morgan fingerprint density at radius 1 is 1.08 bits per heavy atom. The number of hydrogen-bond acceptors (Lipinski definition) is 5. The highest BCUT2D eigenvalue weighted by molar-refractivity contribution is 6.39. The molecular weight excluding hydrogens is 346 g/mol. The summed E-state index contributed by atoms with van der Waals surface area (Å²) >= 11 is 5.96. The molecule has 0 unspecified atom stereocenters. The smallest absolute Gasteiger partial charge is 0.329 e. The maximum Gasteiger partial charge on any atom is 0.329 e. The van der Waals surface area contributed by atoms with E-state index in [0.29, 0.717) is 27.8 Å². The molecule has 0 spiro atoms. The standard InChI is InChI=1S/C17H16ClN3O4/c1-24-12-7-8-14(15(9-12)25-2)20-16(22)17(23)21-19-10-11-5-3-4-6-13(11)18/h3-10H,1-2H3,(H,20,22)(H,21,23)/b19-10-. The van der Waals surface area contributed by atoms with Crippen molar-refractivity contribution in [1.29, 1.82) is 0 Å². The third kappa shape index (κ3) is 4.95. The second kappa shape index (κ2) is 8.70. The zero-order valence-corrected chi connectivity index (χ0v) is 14.3. The average Bonchev–Trinajstić information content (AvgIpc) is 2.63. The first-order valence-electron chi connectivity index (χ1n) is 7.16. The summed E-state index contributed by atoms with van der Waals surface area (Å²) in [5, 5.41) is 6.63. The highest BCUT2D eigenvalue weighted by Crippen LogP contribution is 2.28. The van der Waals surface area contributed by atoms with Crippen LogP contribution in [0.25, 0.3) is 0 Å². The van der Waals surface area contributed by atoms with Crippen molar-refractivity contribution in [2.24, 2.45) is 5.10 Å². The SMILES string of the molecule is COc1ccc(NC(=O)C(=O)N/N=C\c2ccccc2Cl)c(OC)c1. The van der Waals surface area contributed by atoms with Crippen molar-refractivity contribution < 1.29 is 19.1 Å². The van der Waals surface area contributed by atoms with Crippen LogP contribution in [-0.4, -0.2) is 32.2 Å². The van der Waals surface area contributed by atoms with Crippen molar-refractivity contribution >= 4 is 35.3 Å². The maximum atomic E-state index is 11.9. The van der Waals surface area contributed by atoms with Crippen LogP contribution in [0.1, 0.15) is 5.56 Å². The Morgan fingerprint density at radius 2 is 1.84 bits per heavy atom. The van der Waals surface area contributed by atoms with Crippen LogP contribution in [0.5, 0.6) is 11.5 Å². The molecule has 0 aliphatic carbocycles. The highest BCUT2D eigenvalue weighted by Gasteiger charge is 2.15. The number of benzene rings is 2. The summed E-state index contributed by atoms with van der Waals surface area (Å²) in [4.78, 5) is 23.7. The number of hydrazone groups is 1. The van der Waals surface area contributed by atoms with Crippen LogP contribution in [0.3, 0.4) is 0 Å². The van der Waals surface area contributed by atoms with Gasteiger partial charge in [-0.05, 0) is 18.2 Å². The highest BCUT2D eigenvalue weighted by atomic mass is 35.5. The molecule has 2 N–H and O–H groups in total. The number of carbonyl (C=O) groups is 2. The first-order chi connectivity index (χ1) is 12.0. The number of halogens is 1. The molecule has 25 heavy (non-hydrogen) atoms. The van der Waals surface area contributed by atoms with Gasteiger partial charge in [0.1, 0.15) is 11.5 Å². The van der Waals surface area contributed by atoms with Gasteiger partial charge in [0.15, 0.2) is 0 Å². The number of hydrogen-bond donors (Lipinski definition) is 2. The molecule has 2 amide bonds. The molecule has 0 aromatic heterocycles. The number of anilines is 1. The molecule has 0 bridgehead atoms. The fourth-order valence-corrected chi connectivity index (χ4v) is 2.06. The summed E-state index contributed by atoms with van der Waals surface area (Å²) in [6, 6.07) is 11.7. The van der Waals surface area contributed by atoms with Crippen molar-refractivity contribution in [2.45, 2.75) is 0 Å². The van der Waals surface area contributed by atoms with Crippen LogP contribution in [0.2, 0.25) is 5.02 Å². The predicted octanol–water partition coefficient (Wildman–Crippen LogP) is 2.45. The number of rotatable bonds is 5. The lowest BCUT2D eigenvalue weighted by molar-refractivity contribution is -0.136. The van der Waals surface area contributed by atoms with Gasteiger partial charge >= 0.3 is 11.8 Å². The van der Waals surface area contributed by atoms with E-state index in [9.17, 15) is 9.59 Å². The molecule has 2 aromatic rings. The summed E-state index contributed by atoms with van der Waals surface area (Å²) in [6.45, 7) is 0. The number of methoxy groups -OCH3 is 2. The summed E-state index contributed by atoms with van der Waals surface area (Å²) in [5.74, 6) is -0.898. The van der Waals surface area contributed by atoms with Crippen molar-refractivity contribution in [1.82, 2.24) is 5.43 Å². The van der Waals surface area contributed by atoms with Gasteiger partial charge in [0.05, 0.1) is 26.1 Å². The van der Waals surface area contributed by atoms with E-state index in [1.807, 2.05) is 0 Å². The number of ether oxygens (including phenoxy) is 2. The lowest BCUT2D eigenvalue weighted by Crippen LogP contribution is -2.32. The zero-order chi connectivity index (χ0) is 18.2. The van der Waals surface area contributed by atoms with Crippen molar-refractivity contribution in [2.75, 3.05) is 19.5 Å². The number of nitrogens with one attached hydrogen (secondary N) is 2. The van der Waals surface area contributed by atoms with Gasteiger partial charge in [-0.25, -0.2) is 5.43 Å². The third-order valence-electron chi connectivity index (χ3n) is 3.14. The Labute approximate surface area is 149 Å². The topological polar surface area (TPSA) is 89.0 Å². The van der Waals surface area contributed by atoms with Crippen molar-refractivity contribution in [3.63, 3.8) is 0 Å².